The molecule has 1 heterocycles. The predicted molar refractivity (Wildman–Crippen MR) is 107 cm³/mol. The zero-order chi connectivity index (χ0) is 21.7. The van der Waals surface area contributed by atoms with E-state index < -0.39 is 35.8 Å². The first kappa shape index (κ1) is 20.8. The molecule has 0 unspecified atom stereocenters. The van der Waals surface area contributed by atoms with Crippen LogP contribution < -0.4 is 20.8 Å². The van der Waals surface area contributed by atoms with Crippen LogP contribution in [0.25, 0.3) is 0 Å². The standard InChI is InChI=1S/C21H22N4O5/c1-3-30-16-11-9-14(10-12-16)18(27)22-13-17(26)24-25-19(28)21(2,23-20(25)29)15-7-5-4-6-8-15/h4-12H,3,13H2,1-2H3,(H,22,27)(H,23,29)(H,24,26)/t21-/m1/s1. The van der Waals surface area contributed by atoms with Crippen molar-refractivity contribution in [3.05, 3.63) is 65.7 Å². The molecule has 1 atom stereocenters. The van der Waals surface area contributed by atoms with Gasteiger partial charge in [-0.1, -0.05) is 30.3 Å². The minimum absolute atomic E-state index is 0.345. The fourth-order valence-corrected chi connectivity index (χ4v) is 3.00. The second kappa shape index (κ2) is 8.64. The lowest BCUT2D eigenvalue weighted by molar-refractivity contribution is -0.138. The van der Waals surface area contributed by atoms with Gasteiger partial charge in [0.05, 0.1) is 13.2 Å². The van der Waals surface area contributed by atoms with Gasteiger partial charge in [-0.3, -0.25) is 19.8 Å². The van der Waals surface area contributed by atoms with E-state index >= 15 is 0 Å². The van der Waals surface area contributed by atoms with Crippen LogP contribution in [0, 0.1) is 0 Å². The Morgan fingerprint density at radius 1 is 1.07 bits per heavy atom. The average Bonchev–Trinajstić information content (AvgIpc) is 2.97. The molecule has 156 valence electrons. The van der Waals surface area contributed by atoms with E-state index in [0.717, 1.165) is 0 Å². The lowest BCUT2D eigenvalue weighted by atomic mass is 9.92. The largest absolute Gasteiger partial charge is 0.494 e. The summed E-state index contributed by atoms with van der Waals surface area (Å²) in [5, 5.41) is 5.65. The second-order valence-electron chi connectivity index (χ2n) is 6.74. The number of carbonyl (C=O) groups excluding carboxylic acids is 4. The molecule has 1 aliphatic rings. The van der Waals surface area contributed by atoms with Crippen molar-refractivity contribution >= 4 is 23.8 Å². The summed E-state index contributed by atoms with van der Waals surface area (Å²) in [6.07, 6.45) is 0. The summed E-state index contributed by atoms with van der Waals surface area (Å²) in [7, 11) is 0. The van der Waals surface area contributed by atoms with Crippen molar-refractivity contribution in [1.29, 1.82) is 0 Å². The van der Waals surface area contributed by atoms with Crippen LogP contribution in [0.15, 0.2) is 54.6 Å². The van der Waals surface area contributed by atoms with Crippen molar-refractivity contribution in [1.82, 2.24) is 21.1 Å². The number of benzene rings is 2. The molecule has 3 rings (SSSR count). The van der Waals surface area contributed by atoms with E-state index in [1.54, 1.807) is 61.5 Å². The zero-order valence-corrected chi connectivity index (χ0v) is 16.6. The molecule has 2 aromatic carbocycles. The minimum Gasteiger partial charge on any atom is -0.494 e. The van der Waals surface area contributed by atoms with E-state index in [9.17, 15) is 19.2 Å². The maximum absolute atomic E-state index is 12.7. The lowest BCUT2D eigenvalue weighted by Gasteiger charge is -2.22. The van der Waals surface area contributed by atoms with Gasteiger partial charge in [-0.2, -0.15) is 5.01 Å². The molecule has 0 aliphatic carbocycles. The number of hydrogen-bond acceptors (Lipinski definition) is 5. The smallest absolute Gasteiger partial charge is 0.344 e. The number of amides is 5. The Morgan fingerprint density at radius 2 is 1.73 bits per heavy atom. The molecule has 0 aromatic heterocycles. The highest BCUT2D eigenvalue weighted by atomic mass is 16.5. The van der Waals surface area contributed by atoms with Crippen LogP contribution in [0.4, 0.5) is 4.79 Å². The Morgan fingerprint density at radius 3 is 2.37 bits per heavy atom. The number of hydrazine groups is 1. The molecular formula is C21H22N4O5. The third kappa shape index (κ3) is 4.24. The van der Waals surface area contributed by atoms with Crippen molar-refractivity contribution < 1.29 is 23.9 Å². The second-order valence-corrected chi connectivity index (χ2v) is 6.74. The fraction of sp³-hybridized carbons (Fsp3) is 0.238. The summed E-state index contributed by atoms with van der Waals surface area (Å²) < 4.78 is 5.31. The summed E-state index contributed by atoms with van der Waals surface area (Å²) in [5.74, 6) is -1.17. The number of imide groups is 1. The predicted octanol–water partition coefficient (Wildman–Crippen LogP) is 1.31. The van der Waals surface area contributed by atoms with Crippen molar-refractivity contribution in [3.63, 3.8) is 0 Å². The molecule has 0 radical (unpaired) electrons. The van der Waals surface area contributed by atoms with E-state index in [4.69, 9.17) is 4.74 Å². The number of hydrogen-bond donors (Lipinski definition) is 3. The van der Waals surface area contributed by atoms with Crippen LogP contribution in [0.5, 0.6) is 5.75 Å². The molecule has 1 aliphatic heterocycles. The molecular weight excluding hydrogens is 388 g/mol. The van der Waals surface area contributed by atoms with Crippen molar-refractivity contribution in [2.75, 3.05) is 13.2 Å². The van der Waals surface area contributed by atoms with Gasteiger partial charge in [0.1, 0.15) is 11.3 Å². The van der Waals surface area contributed by atoms with Gasteiger partial charge in [-0.15, -0.1) is 0 Å². The first-order valence-electron chi connectivity index (χ1n) is 9.38. The molecule has 2 aromatic rings. The Labute approximate surface area is 173 Å². The third-order valence-corrected chi connectivity index (χ3v) is 4.62. The molecule has 1 fully saturated rings. The van der Waals surface area contributed by atoms with Crippen LogP contribution in [0.3, 0.4) is 0 Å². The molecule has 0 bridgehead atoms. The summed E-state index contributed by atoms with van der Waals surface area (Å²) in [4.78, 5) is 49.4. The first-order valence-corrected chi connectivity index (χ1v) is 9.38. The maximum atomic E-state index is 12.7. The quantitative estimate of drug-likeness (QED) is 0.595. The highest BCUT2D eigenvalue weighted by Crippen LogP contribution is 2.27. The van der Waals surface area contributed by atoms with Crippen LogP contribution in [0.2, 0.25) is 0 Å². The monoisotopic (exact) mass is 410 g/mol. The number of nitrogens with one attached hydrogen (secondary N) is 3. The molecule has 5 amide bonds. The van der Waals surface area contributed by atoms with Crippen LogP contribution in [-0.2, 0) is 15.1 Å². The zero-order valence-electron chi connectivity index (χ0n) is 16.6. The molecule has 0 saturated carbocycles. The van der Waals surface area contributed by atoms with Gasteiger partial charge in [-0.25, -0.2) is 4.79 Å². The topological polar surface area (TPSA) is 117 Å². The van der Waals surface area contributed by atoms with Gasteiger partial charge in [-0.05, 0) is 43.7 Å². The van der Waals surface area contributed by atoms with Crippen LogP contribution in [-0.4, -0.2) is 41.9 Å². The molecule has 3 N–H and O–H groups in total. The van der Waals surface area contributed by atoms with Gasteiger partial charge in [0, 0.05) is 5.56 Å². The summed E-state index contributed by atoms with van der Waals surface area (Å²) in [6.45, 7) is 3.51. The van der Waals surface area contributed by atoms with Gasteiger partial charge in [0.2, 0.25) is 0 Å². The van der Waals surface area contributed by atoms with Crippen molar-refractivity contribution in [3.8, 4) is 5.75 Å². The molecule has 0 spiro atoms. The Bertz CT molecular complexity index is 961. The fourth-order valence-electron chi connectivity index (χ4n) is 3.00. The van der Waals surface area contributed by atoms with E-state index in [0.29, 0.717) is 28.5 Å². The Kier molecular flexibility index (Phi) is 6.01. The summed E-state index contributed by atoms with van der Waals surface area (Å²) in [5.41, 5.74) is 1.87. The highest BCUT2D eigenvalue weighted by molar-refractivity contribution is 6.08. The van der Waals surface area contributed by atoms with E-state index in [1.165, 1.54) is 0 Å². The first-order chi connectivity index (χ1) is 14.3. The van der Waals surface area contributed by atoms with Gasteiger partial charge in [0.25, 0.3) is 17.7 Å². The number of nitrogens with zero attached hydrogens (tertiary/aromatic N) is 1. The van der Waals surface area contributed by atoms with Gasteiger partial charge >= 0.3 is 6.03 Å². The Balaban J connectivity index is 1.57. The summed E-state index contributed by atoms with van der Waals surface area (Å²) >= 11 is 0. The normalized spacial score (nSPS) is 18.0. The Hall–Kier alpha value is -3.88. The number of carbonyl (C=O) groups is 4. The minimum atomic E-state index is -1.29. The molecule has 1 saturated heterocycles. The van der Waals surface area contributed by atoms with Gasteiger partial charge in [0.15, 0.2) is 0 Å². The molecule has 9 heteroatoms. The highest BCUT2D eigenvalue weighted by Gasteiger charge is 2.49. The molecule has 30 heavy (non-hydrogen) atoms. The van der Waals surface area contributed by atoms with Crippen LogP contribution >= 0.6 is 0 Å². The lowest BCUT2D eigenvalue weighted by Crippen LogP contribution is -2.50. The average molecular weight is 410 g/mol. The van der Waals surface area contributed by atoms with E-state index in [-0.39, 0.29) is 0 Å². The number of ether oxygens (including phenoxy) is 1. The number of urea groups is 1. The van der Waals surface area contributed by atoms with E-state index in [1.807, 2.05) is 6.92 Å². The molecule has 9 nitrogen and oxygen atoms in total. The van der Waals surface area contributed by atoms with Gasteiger partial charge < -0.3 is 15.4 Å². The summed E-state index contributed by atoms with van der Waals surface area (Å²) in [6, 6.07) is 14.4. The van der Waals surface area contributed by atoms with Crippen molar-refractivity contribution in [2.45, 2.75) is 19.4 Å². The number of rotatable bonds is 7. The SMILES string of the molecule is CCOc1ccc(C(=O)NCC(=O)NN2C(=O)N[C@](C)(c3ccccc3)C2=O)cc1. The van der Waals surface area contributed by atoms with E-state index in [2.05, 4.69) is 16.1 Å². The maximum Gasteiger partial charge on any atom is 0.344 e. The van der Waals surface area contributed by atoms with Crippen molar-refractivity contribution in [2.24, 2.45) is 0 Å². The third-order valence-electron chi connectivity index (χ3n) is 4.62. The van der Waals surface area contributed by atoms with Crippen LogP contribution in [0.1, 0.15) is 29.8 Å².